The van der Waals surface area contributed by atoms with Crippen molar-refractivity contribution in [3.8, 4) is 0 Å². The summed E-state index contributed by atoms with van der Waals surface area (Å²) in [6.07, 6.45) is -2.68. The number of carbonyl (C=O) groups excluding carboxylic acids is 1. The van der Waals surface area contributed by atoms with E-state index in [1.165, 1.54) is 18.2 Å². The first-order valence-electron chi connectivity index (χ1n) is 6.52. The van der Waals surface area contributed by atoms with Crippen molar-refractivity contribution in [1.82, 2.24) is 4.90 Å². The van der Waals surface area contributed by atoms with Gasteiger partial charge in [0.25, 0.3) is 5.91 Å². The molecule has 0 heterocycles. The summed E-state index contributed by atoms with van der Waals surface area (Å²) in [5, 5.41) is 0.407. The van der Waals surface area contributed by atoms with Gasteiger partial charge in [-0.1, -0.05) is 11.6 Å². The van der Waals surface area contributed by atoms with E-state index in [0.717, 1.165) is 17.7 Å². The molecule has 2 nitrogen and oxygen atoms in total. The quantitative estimate of drug-likeness (QED) is 0.722. The summed E-state index contributed by atoms with van der Waals surface area (Å²) < 4.78 is 38.7. The van der Waals surface area contributed by atoms with Crippen LogP contribution in [0.5, 0.6) is 0 Å². The Morgan fingerprint density at radius 3 is 2.57 bits per heavy atom. The predicted molar refractivity (Wildman–Crippen MR) is 78.4 cm³/mol. The Balaban J connectivity index is 2.25. The number of carbonyl (C=O) groups is 1. The van der Waals surface area contributed by atoms with E-state index in [9.17, 15) is 18.0 Å². The van der Waals surface area contributed by atoms with Crippen LogP contribution in [-0.2, 0) is 0 Å². The molecule has 1 aliphatic rings. The summed E-state index contributed by atoms with van der Waals surface area (Å²) in [6, 6.07) is 3.96. The SMILES string of the molecule is CC(C1CC1)N(CC(F)(F)F)C(=O)c1ccc(Cl)c(Br)c1. The summed E-state index contributed by atoms with van der Waals surface area (Å²) in [4.78, 5) is 13.3. The van der Waals surface area contributed by atoms with Crippen molar-refractivity contribution in [1.29, 1.82) is 0 Å². The van der Waals surface area contributed by atoms with Crippen molar-refractivity contribution in [3.05, 3.63) is 33.3 Å². The molecule has 2 rings (SSSR count). The second-order valence-corrected chi connectivity index (χ2v) is 6.52. The summed E-state index contributed by atoms with van der Waals surface area (Å²) in [5.74, 6) is -0.462. The minimum Gasteiger partial charge on any atom is -0.327 e. The molecule has 0 spiro atoms. The minimum absolute atomic E-state index is 0.159. The van der Waals surface area contributed by atoms with E-state index >= 15 is 0 Å². The van der Waals surface area contributed by atoms with E-state index < -0.39 is 24.7 Å². The predicted octanol–water partition coefficient (Wildman–Crippen LogP) is 4.91. The van der Waals surface area contributed by atoms with Crippen LogP contribution < -0.4 is 0 Å². The van der Waals surface area contributed by atoms with Gasteiger partial charge in [-0.25, -0.2) is 0 Å². The Labute approximate surface area is 134 Å². The third kappa shape index (κ3) is 4.36. The molecule has 21 heavy (non-hydrogen) atoms. The largest absolute Gasteiger partial charge is 0.406 e. The van der Waals surface area contributed by atoms with Crippen LogP contribution in [0.15, 0.2) is 22.7 Å². The molecule has 0 bridgehead atoms. The van der Waals surface area contributed by atoms with Gasteiger partial charge in [0.1, 0.15) is 6.54 Å². The summed E-state index contributed by atoms with van der Waals surface area (Å²) >= 11 is 9.02. The Hall–Kier alpha value is -0.750. The minimum atomic E-state index is -4.41. The number of amides is 1. The highest BCUT2D eigenvalue weighted by Gasteiger charge is 2.40. The number of benzene rings is 1. The lowest BCUT2D eigenvalue weighted by molar-refractivity contribution is -0.144. The molecule has 1 saturated carbocycles. The molecule has 1 aromatic rings. The smallest absolute Gasteiger partial charge is 0.327 e. The van der Waals surface area contributed by atoms with E-state index in [1.54, 1.807) is 6.92 Å². The van der Waals surface area contributed by atoms with Crippen molar-refractivity contribution in [2.75, 3.05) is 6.54 Å². The first kappa shape index (κ1) is 16.6. The lowest BCUT2D eigenvalue weighted by Crippen LogP contribution is -2.45. The number of hydrogen-bond donors (Lipinski definition) is 0. The molecule has 0 aliphatic heterocycles. The van der Waals surface area contributed by atoms with E-state index in [1.807, 2.05) is 0 Å². The van der Waals surface area contributed by atoms with Crippen molar-refractivity contribution in [3.63, 3.8) is 0 Å². The first-order chi connectivity index (χ1) is 9.69. The Kier molecular flexibility index (Phi) is 4.88. The molecule has 0 radical (unpaired) electrons. The second kappa shape index (κ2) is 6.16. The maximum absolute atomic E-state index is 12.7. The number of nitrogens with zero attached hydrogens (tertiary/aromatic N) is 1. The highest BCUT2D eigenvalue weighted by atomic mass is 79.9. The summed E-state index contributed by atoms with van der Waals surface area (Å²) in [5.41, 5.74) is 0.197. The molecule has 0 saturated heterocycles. The average Bonchev–Trinajstić information content (AvgIpc) is 3.21. The van der Waals surface area contributed by atoms with Gasteiger partial charge < -0.3 is 4.90 Å². The first-order valence-corrected chi connectivity index (χ1v) is 7.69. The third-order valence-electron chi connectivity index (χ3n) is 3.57. The van der Waals surface area contributed by atoms with Crippen molar-refractivity contribution in [2.45, 2.75) is 32.0 Å². The maximum Gasteiger partial charge on any atom is 0.406 e. The van der Waals surface area contributed by atoms with Gasteiger partial charge in [-0.05, 0) is 59.8 Å². The van der Waals surface area contributed by atoms with Crippen LogP contribution in [-0.4, -0.2) is 29.6 Å². The average molecular weight is 385 g/mol. The molecule has 0 aromatic heterocycles. The normalized spacial score (nSPS) is 16.7. The Morgan fingerprint density at radius 2 is 2.10 bits per heavy atom. The van der Waals surface area contributed by atoms with Gasteiger partial charge in [-0.3, -0.25) is 4.79 Å². The van der Waals surface area contributed by atoms with Crippen molar-refractivity contribution < 1.29 is 18.0 Å². The zero-order chi connectivity index (χ0) is 15.8. The van der Waals surface area contributed by atoms with E-state index in [-0.39, 0.29) is 11.5 Å². The molecule has 1 atom stereocenters. The Bertz CT molecular complexity index is 546. The molecule has 1 fully saturated rings. The van der Waals surface area contributed by atoms with Crippen LogP contribution in [0.1, 0.15) is 30.1 Å². The van der Waals surface area contributed by atoms with Gasteiger partial charge in [0.05, 0.1) is 5.02 Å². The van der Waals surface area contributed by atoms with Crippen LogP contribution in [0.2, 0.25) is 5.02 Å². The van der Waals surface area contributed by atoms with Gasteiger partial charge in [0, 0.05) is 16.1 Å². The van der Waals surface area contributed by atoms with Crippen LogP contribution in [0.25, 0.3) is 0 Å². The lowest BCUT2D eigenvalue weighted by atomic mass is 10.1. The summed E-state index contributed by atoms with van der Waals surface area (Å²) in [6.45, 7) is 0.440. The highest BCUT2D eigenvalue weighted by molar-refractivity contribution is 9.10. The fourth-order valence-corrected chi connectivity index (χ4v) is 2.72. The highest BCUT2D eigenvalue weighted by Crippen LogP contribution is 2.37. The number of alkyl halides is 3. The van der Waals surface area contributed by atoms with Crippen LogP contribution >= 0.6 is 27.5 Å². The molecular weight excluding hydrogens is 371 g/mol. The van der Waals surface area contributed by atoms with E-state index in [0.29, 0.717) is 9.50 Å². The fraction of sp³-hybridized carbons (Fsp3) is 0.500. The van der Waals surface area contributed by atoms with Gasteiger partial charge in [-0.2, -0.15) is 13.2 Å². The molecule has 0 N–H and O–H groups in total. The second-order valence-electron chi connectivity index (χ2n) is 5.26. The van der Waals surface area contributed by atoms with E-state index in [4.69, 9.17) is 11.6 Å². The Morgan fingerprint density at radius 1 is 1.48 bits per heavy atom. The maximum atomic E-state index is 12.7. The summed E-state index contributed by atoms with van der Waals surface area (Å²) in [7, 11) is 0. The van der Waals surface area contributed by atoms with Crippen LogP contribution in [0, 0.1) is 5.92 Å². The molecule has 1 aromatic carbocycles. The fourth-order valence-electron chi connectivity index (χ4n) is 2.22. The third-order valence-corrected chi connectivity index (χ3v) is 4.79. The van der Waals surface area contributed by atoms with E-state index in [2.05, 4.69) is 15.9 Å². The lowest BCUT2D eigenvalue weighted by Gasteiger charge is -2.30. The molecule has 1 amide bonds. The molecule has 116 valence electrons. The van der Waals surface area contributed by atoms with Crippen molar-refractivity contribution in [2.24, 2.45) is 5.92 Å². The zero-order valence-corrected chi connectivity index (χ0v) is 13.6. The monoisotopic (exact) mass is 383 g/mol. The zero-order valence-electron chi connectivity index (χ0n) is 11.3. The number of hydrogen-bond acceptors (Lipinski definition) is 1. The van der Waals surface area contributed by atoms with Gasteiger partial charge in [-0.15, -0.1) is 0 Å². The van der Waals surface area contributed by atoms with Crippen LogP contribution in [0.3, 0.4) is 0 Å². The van der Waals surface area contributed by atoms with Crippen LogP contribution in [0.4, 0.5) is 13.2 Å². The van der Waals surface area contributed by atoms with Crippen molar-refractivity contribution >= 4 is 33.4 Å². The molecule has 7 heteroatoms. The van der Waals surface area contributed by atoms with Gasteiger partial charge >= 0.3 is 6.18 Å². The van der Waals surface area contributed by atoms with Gasteiger partial charge in [0.15, 0.2) is 0 Å². The van der Waals surface area contributed by atoms with Gasteiger partial charge in [0.2, 0.25) is 0 Å². The topological polar surface area (TPSA) is 20.3 Å². The molecule has 1 unspecified atom stereocenters. The number of halogens is 5. The number of rotatable bonds is 4. The standard InChI is InChI=1S/C14H14BrClF3NO/c1-8(9-2-3-9)20(7-14(17,18)19)13(21)10-4-5-12(16)11(15)6-10/h4-6,8-9H,2-3,7H2,1H3. The molecule has 1 aliphatic carbocycles. The molecular formula is C14H14BrClF3NO.